The van der Waals surface area contributed by atoms with Crippen molar-refractivity contribution in [1.82, 2.24) is 9.97 Å². The second kappa shape index (κ2) is 4.34. The smallest absolute Gasteiger partial charge is 0.189 e. The molecule has 1 unspecified atom stereocenters. The van der Waals surface area contributed by atoms with Gasteiger partial charge in [0.15, 0.2) is 5.78 Å². The molecule has 0 bridgehead atoms. The summed E-state index contributed by atoms with van der Waals surface area (Å²) in [5.41, 5.74) is -0.677. The molecule has 0 fully saturated rings. The van der Waals surface area contributed by atoms with E-state index in [0.29, 0.717) is 6.42 Å². The van der Waals surface area contributed by atoms with E-state index in [1.165, 1.54) is 13.3 Å². The number of imidazole rings is 1. The number of H-pyrrole nitrogens is 1. The summed E-state index contributed by atoms with van der Waals surface area (Å²) in [5.74, 6) is -0.562. The standard InChI is InChI=1S/C9H14N2O3/c1-9(14,8(13)5-12)3-2-7-4-10-6-11-7/h4,6,12,14H,2-3,5H2,1H3,(H,10,11). The number of carbonyl (C=O) groups excluding carboxylic acids is 1. The average molecular weight is 198 g/mol. The average Bonchev–Trinajstić information content (AvgIpc) is 2.66. The summed E-state index contributed by atoms with van der Waals surface area (Å²) >= 11 is 0. The van der Waals surface area contributed by atoms with Gasteiger partial charge in [-0.1, -0.05) is 0 Å². The molecule has 1 heterocycles. The Hall–Kier alpha value is -1.20. The van der Waals surface area contributed by atoms with Crippen LogP contribution in [0.15, 0.2) is 12.5 Å². The Morgan fingerprint density at radius 2 is 2.43 bits per heavy atom. The van der Waals surface area contributed by atoms with E-state index >= 15 is 0 Å². The van der Waals surface area contributed by atoms with Crippen molar-refractivity contribution in [3.8, 4) is 0 Å². The molecule has 0 aromatic carbocycles. The van der Waals surface area contributed by atoms with Crippen LogP contribution in [-0.2, 0) is 11.2 Å². The lowest BCUT2D eigenvalue weighted by molar-refractivity contribution is -0.139. The highest BCUT2D eigenvalue weighted by Gasteiger charge is 2.28. The molecule has 1 aromatic rings. The lowest BCUT2D eigenvalue weighted by Gasteiger charge is -2.19. The number of carbonyl (C=O) groups is 1. The molecule has 14 heavy (non-hydrogen) atoms. The zero-order valence-corrected chi connectivity index (χ0v) is 8.03. The van der Waals surface area contributed by atoms with Gasteiger partial charge in [-0.15, -0.1) is 0 Å². The topological polar surface area (TPSA) is 86.2 Å². The molecule has 0 radical (unpaired) electrons. The fourth-order valence-electron chi connectivity index (χ4n) is 1.11. The van der Waals surface area contributed by atoms with E-state index in [1.807, 2.05) is 0 Å². The van der Waals surface area contributed by atoms with Crippen molar-refractivity contribution in [2.24, 2.45) is 0 Å². The zero-order chi connectivity index (χ0) is 10.6. The maximum absolute atomic E-state index is 11.1. The second-order valence-corrected chi connectivity index (χ2v) is 3.42. The Kier molecular flexibility index (Phi) is 3.38. The van der Waals surface area contributed by atoms with E-state index in [9.17, 15) is 9.90 Å². The highest BCUT2D eigenvalue weighted by Crippen LogP contribution is 2.13. The van der Waals surface area contributed by atoms with Crippen molar-refractivity contribution >= 4 is 5.78 Å². The molecular weight excluding hydrogens is 184 g/mol. The number of aryl methyl sites for hydroxylation is 1. The number of nitrogens with one attached hydrogen (secondary N) is 1. The second-order valence-electron chi connectivity index (χ2n) is 3.42. The maximum Gasteiger partial charge on any atom is 0.189 e. The Morgan fingerprint density at radius 3 is 2.93 bits per heavy atom. The molecular formula is C9H14N2O3. The molecule has 5 nitrogen and oxygen atoms in total. The number of Topliss-reactive ketones (excluding diaryl/α,β-unsaturated/α-hetero) is 1. The van der Waals surface area contributed by atoms with Crippen LogP contribution in [0.1, 0.15) is 19.0 Å². The molecule has 0 aliphatic heterocycles. The lowest BCUT2D eigenvalue weighted by Crippen LogP contribution is -2.37. The van der Waals surface area contributed by atoms with Crippen LogP contribution in [0.4, 0.5) is 0 Å². The normalized spacial score (nSPS) is 15.1. The van der Waals surface area contributed by atoms with Crippen molar-refractivity contribution in [3.63, 3.8) is 0 Å². The lowest BCUT2D eigenvalue weighted by atomic mass is 9.94. The molecule has 3 N–H and O–H groups in total. The van der Waals surface area contributed by atoms with Gasteiger partial charge in [0, 0.05) is 6.20 Å². The highest BCUT2D eigenvalue weighted by atomic mass is 16.3. The molecule has 0 spiro atoms. The quantitative estimate of drug-likeness (QED) is 0.604. The SMILES string of the molecule is CC(O)(CCc1c[nH]cn1)C(=O)CO. The van der Waals surface area contributed by atoms with Crippen molar-refractivity contribution in [2.75, 3.05) is 6.61 Å². The minimum Gasteiger partial charge on any atom is -0.388 e. The van der Waals surface area contributed by atoms with Gasteiger partial charge in [0.05, 0.1) is 12.0 Å². The number of ketones is 1. The largest absolute Gasteiger partial charge is 0.388 e. The fourth-order valence-corrected chi connectivity index (χ4v) is 1.11. The number of hydrogen-bond donors (Lipinski definition) is 3. The molecule has 1 aromatic heterocycles. The molecule has 5 heteroatoms. The minimum absolute atomic E-state index is 0.261. The summed E-state index contributed by atoms with van der Waals surface area (Å²) in [4.78, 5) is 17.8. The van der Waals surface area contributed by atoms with E-state index in [2.05, 4.69) is 9.97 Å². The number of aliphatic hydroxyl groups is 2. The molecule has 0 saturated carbocycles. The fraction of sp³-hybridized carbons (Fsp3) is 0.556. The van der Waals surface area contributed by atoms with Crippen LogP contribution in [0.2, 0.25) is 0 Å². The van der Waals surface area contributed by atoms with Crippen LogP contribution in [0.25, 0.3) is 0 Å². The predicted octanol–water partition coefficient (Wildman–Crippen LogP) is -0.345. The van der Waals surface area contributed by atoms with E-state index in [0.717, 1.165) is 5.69 Å². The summed E-state index contributed by atoms with van der Waals surface area (Å²) in [5, 5.41) is 18.2. The maximum atomic E-state index is 11.1. The summed E-state index contributed by atoms with van der Waals surface area (Å²) < 4.78 is 0. The summed E-state index contributed by atoms with van der Waals surface area (Å²) in [6.45, 7) is 0.770. The Balaban J connectivity index is 2.48. The first kappa shape index (κ1) is 10.9. The monoisotopic (exact) mass is 198 g/mol. The number of aromatic nitrogens is 2. The van der Waals surface area contributed by atoms with Gasteiger partial charge in [-0.05, 0) is 19.8 Å². The third-order valence-electron chi connectivity index (χ3n) is 2.17. The van der Waals surface area contributed by atoms with Crippen LogP contribution >= 0.6 is 0 Å². The Bertz CT molecular complexity index is 293. The molecule has 0 aliphatic carbocycles. The van der Waals surface area contributed by atoms with Crippen LogP contribution in [0, 0.1) is 0 Å². The van der Waals surface area contributed by atoms with Crippen LogP contribution in [0.3, 0.4) is 0 Å². The van der Waals surface area contributed by atoms with Crippen LogP contribution < -0.4 is 0 Å². The van der Waals surface area contributed by atoms with Crippen molar-refractivity contribution in [2.45, 2.75) is 25.4 Å². The van der Waals surface area contributed by atoms with Gasteiger partial charge in [-0.2, -0.15) is 0 Å². The van der Waals surface area contributed by atoms with Gasteiger partial charge in [0.25, 0.3) is 0 Å². The summed E-state index contributed by atoms with van der Waals surface area (Å²) in [7, 11) is 0. The number of nitrogens with zero attached hydrogens (tertiary/aromatic N) is 1. The first-order valence-electron chi connectivity index (χ1n) is 4.40. The van der Waals surface area contributed by atoms with Gasteiger partial charge in [-0.25, -0.2) is 4.98 Å². The van der Waals surface area contributed by atoms with E-state index in [1.54, 1.807) is 6.20 Å². The first-order valence-corrected chi connectivity index (χ1v) is 4.40. The Labute approximate surface area is 81.8 Å². The molecule has 0 amide bonds. The molecule has 1 rings (SSSR count). The summed E-state index contributed by atoms with van der Waals surface area (Å²) in [6, 6.07) is 0. The third-order valence-corrected chi connectivity index (χ3v) is 2.17. The minimum atomic E-state index is -1.46. The predicted molar refractivity (Wildman–Crippen MR) is 49.6 cm³/mol. The van der Waals surface area contributed by atoms with E-state index in [4.69, 9.17) is 5.11 Å². The molecule has 78 valence electrons. The van der Waals surface area contributed by atoms with Crippen molar-refractivity contribution in [3.05, 3.63) is 18.2 Å². The van der Waals surface area contributed by atoms with Gasteiger partial charge >= 0.3 is 0 Å². The van der Waals surface area contributed by atoms with E-state index in [-0.39, 0.29) is 6.42 Å². The van der Waals surface area contributed by atoms with Gasteiger partial charge in [-0.3, -0.25) is 4.79 Å². The first-order chi connectivity index (χ1) is 6.56. The van der Waals surface area contributed by atoms with Gasteiger partial charge in [0.2, 0.25) is 0 Å². The summed E-state index contributed by atoms with van der Waals surface area (Å²) in [6.07, 6.45) is 4.01. The number of hydrogen-bond acceptors (Lipinski definition) is 4. The van der Waals surface area contributed by atoms with Gasteiger partial charge < -0.3 is 15.2 Å². The van der Waals surface area contributed by atoms with Crippen molar-refractivity contribution in [1.29, 1.82) is 0 Å². The van der Waals surface area contributed by atoms with Crippen LogP contribution in [-0.4, -0.2) is 38.2 Å². The number of aliphatic hydroxyl groups excluding tert-OH is 1. The van der Waals surface area contributed by atoms with Crippen molar-refractivity contribution < 1.29 is 15.0 Å². The van der Waals surface area contributed by atoms with Gasteiger partial charge in [0.1, 0.15) is 12.2 Å². The number of aromatic amines is 1. The Morgan fingerprint density at radius 1 is 1.71 bits per heavy atom. The van der Waals surface area contributed by atoms with Crippen LogP contribution in [0.5, 0.6) is 0 Å². The zero-order valence-electron chi connectivity index (χ0n) is 8.03. The third kappa shape index (κ3) is 2.65. The highest BCUT2D eigenvalue weighted by molar-refractivity contribution is 5.87. The van der Waals surface area contributed by atoms with E-state index < -0.39 is 18.0 Å². The molecule has 1 atom stereocenters. The molecule has 0 aliphatic rings. The number of rotatable bonds is 5. The molecule has 0 saturated heterocycles.